The van der Waals surface area contributed by atoms with E-state index in [1.807, 2.05) is 18.5 Å². The molecule has 2 heterocycles. The van der Waals surface area contributed by atoms with Gasteiger partial charge in [-0.1, -0.05) is 49.1 Å². The average Bonchev–Trinajstić information content (AvgIpc) is 2.76. The molecule has 2 aromatic heterocycles. The number of hydrogen-bond donors (Lipinski definition) is 2. The molecule has 0 bridgehead atoms. The van der Waals surface area contributed by atoms with Gasteiger partial charge in [-0.05, 0) is 52.9 Å². The number of nitrogens with zero attached hydrogens (tertiary/aromatic N) is 2. The maximum atomic E-state index is 10.1. The predicted molar refractivity (Wildman–Crippen MR) is 127 cm³/mol. The Kier molecular flexibility index (Phi) is 6.73. The van der Waals surface area contributed by atoms with Crippen molar-refractivity contribution >= 4 is 27.5 Å². The number of rotatable bonds is 1. The molecule has 1 aliphatic carbocycles. The first-order chi connectivity index (χ1) is 15.1. The van der Waals surface area contributed by atoms with Gasteiger partial charge < -0.3 is 15.2 Å². The summed E-state index contributed by atoms with van der Waals surface area (Å²) in [5, 5.41) is 20.5. The molecule has 6 heteroatoms. The third-order valence-corrected chi connectivity index (χ3v) is 5.92. The van der Waals surface area contributed by atoms with Crippen LogP contribution in [0, 0.1) is 13.0 Å². The van der Waals surface area contributed by atoms with Gasteiger partial charge in [0.15, 0.2) is 11.5 Å². The van der Waals surface area contributed by atoms with Crippen LogP contribution in [0.3, 0.4) is 0 Å². The molecule has 1 aliphatic rings. The Morgan fingerprint density at radius 1 is 0.970 bits per heavy atom. The van der Waals surface area contributed by atoms with Crippen LogP contribution in [0.5, 0.6) is 0 Å². The number of aliphatic hydroxyl groups is 2. The van der Waals surface area contributed by atoms with Crippen LogP contribution in [0.2, 0.25) is 0 Å². The number of allylic oxidation sites excluding steroid dienone is 2. The Balaban J connectivity index is 0.000000297. The Morgan fingerprint density at radius 2 is 1.70 bits per heavy atom. The number of hydrogen-bond acceptors (Lipinski definition) is 5. The van der Waals surface area contributed by atoms with Crippen LogP contribution < -0.4 is 0 Å². The van der Waals surface area contributed by atoms with Crippen molar-refractivity contribution in [2.24, 2.45) is 0 Å². The van der Waals surface area contributed by atoms with Crippen LogP contribution in [0.4, 0.5) is 0 Å². The number of pyridine rings is 2. The van der Waals surface area contributed by atoms with E-state index in [0.29, 0.717) is 0 Å². The maximum absolute atomic E-state index is 10.1. The zero-order chi connectivity index (χ0) is 23.2. The summed E-state index contributed by atoms with van der Waals surface area (Å²) in [5.74, 6) is -1.42. The second-order valence-corrected chi connectivity index (χ2v) is 8.68. The number of carbonyl (C=O) groups excluding carboxylic acids is 1. The number of ketones is 1. The molecule has 0 saturated heterocycles. The normalized spacial score (nSPS) is 13.8. The van der Waals surface area contributed by atoms with E-state index >= 15 is 0 Å². The van der Waals surface area contributed by atoms with E-state index in [4.69, 9.17) is 15.2 Å². The van der Waals surface area contributed by atoms with Crippen molar-refractivity contribution in [3.05, 3.63) is 83.1 Å². The molecule has 0 fully saturated rings. The van der Waals surface area contributed by atoms with Crippen LogP contribution in [0.1, 0.15) is 44.4 Å². The zero-order valence-electron chi connectivity index (χ0n) is 19.1. The first-order valence-electron chi connectivity index (χ1n) is 10.4. The van der Waals surface area contributed by atoms with E-state index in [2.05, 4.69) is 62.2 Å². The topological polar surface area (TPSA) is 83.3 Å². The number of Topliss-reactive ketones (excluding diaryl/α,β-unsaturated/α-hetero) is 1. The number of fused-ring (bicyclic) bond motifs is 3. The van der Waals surface area contributed by atoms with Gasteiger partial charge in [0, 0.05) is 39.4 Å². The van der Waals surface area contributed by atoms with Gasteiger partial charge in [0.05, 0.1) is 0 Å². The molecule has 2 aromatic carbocycles. The molecule has 0 unspecified atom stereocenters. The number of benzene rings is 2. The monoisotopic (exact) mass is 618 g/mol. The van der Waals surface area contributed by atoms with Crippen molar-refractivity contribution < 1.29 is 35.1 Å². The van der Waals surface area contributed by atoms with Gasteiger partial charge in [0.1, 0.15) is 5.76 Å². The van der Waals surface area contributed by atoms with Crippen LogP contribution in [-0.2, 0) is 30.3 Å². The molecule has 0 spiro atoms. The van der Waals surface area contributed by atoms with Gasteiger partial charge in [-0.15, -0.1) is 23.3 Å². The molecule has 0 atom stereocenters. The Morgan fingerprint density at radius 3 is 2.33 bits per heavy atom. The first kappa shape index (κ1) is 24.6. The Bertz CT molecular complexity index is 1420. The summed E-state index contributed by atoms with van der Waals surface area (Å²) in [6.07, 6.45) is 3.73. The van der Waals surface area contributed by atoms with E-state index in [-0.39, 0.29) is 31.3 Å². The third-order valence-electron chi connectivity index (χ3n) is 5.92. The molecular formula is C27H25IrN2O3-. The summed E-state index contributed by atoms with van der Waals surface area (Å²) in [7, 11) is 0. The molecule has 0 saturated carbocycles. The van der Waals surface area contributed by atoms with E-state index in [1.165, 1.54) is 41.3 Å². The fraction of sp³-hybridized carbons (Fsp3) is 0.222. The molecule has 171 valence electrons. The SMILES string of the molecule is CC(=O)/C(O)=C(/C)O.Cc1cc2c3c(nccc3c1)-c1[c-]c3ncccc3cc1C2(C)C.[Ir]. The minimum Gasteiger partial charge on any atom is -0.509 e. The summed E-state index contributed by atoms with van der Waals surface area (Å²) in [6.45, 7) is 9.18. The van der Waals surface area contributed by atoms with Gasteiger partial charge in [0.2, 0.25) is 0 Å². The Labute approximate surface area is 206 Å². The van der Waals surface area contributed by atoms with E-state index < -0.39 is 11.5 Å². The molecule has 33 heavy (non-hydrogen) atoms. The van der Waals surface area contributed by atoms with Gasteiger partial charge in [-0.2, -0.15) is 0 Å². The van der Waals surface area contributed by atoms with Crippen LogP contribution in [0.25, 0.3) is 32.9 Å². The second-order valence-electron chi connectivity index (χ2n) is 8.68. The smallest absolute Gasteiger partial charge is 0.197 e. The summed E-state index contributed by atoms with van der Waals surface area (Å²) in [4.78, 5) is 19.3. The van der Waals surface area contributed by atoms with E-state index in [0.717, 1.165) is 22.2 Å². The average molecular weight is 618 g/mol. The van der Waals surface area contributed by atoms with Crippen LogP contribution in [0.15, 0.2) is 60.3 Å². The van der Waals surface area contributed by atoms with Gasteiger partial charge in [-0.25, -0.2) is 0 Å². The number of aliphatic hydroxyl groups excluding tert-OH is 2. The molecule has 2 N–H and O–H groups in total. The summed E-state index contributed by atoms with van der Waals surface area (Å²) in [6, 6.07) is 16.6. The minimum absolute atomic E-state index is 0. The quantitative estimate of drug-likeness (QED) is 0.153. The maximum Gasteiger partial charge on any atom is 0.197 e. The molecule has 4 aromatic rings. The van der Waals surface area contributed by atoms with Gasteiger partial charge in [0.25, 0.3) is 0 Å². The van der Waals surface area contributed by atoms with Gasteiger partial charge in [-0.3, -0.25) is 9.78 Å². The number of aromatic nitrogens is 2. The zero-order valence-corrected chi connectivity index (χ0v) is 21.5. The Hall–Kier alpha value is -3.08. The van der Waals surface area contributed by atoms with Crippen molar-refractivity contribution in [2.75, 3.05) is 0 Å². The molecule has 5 rings (SSSR count). The van der Waals surface area contributed by atoms with E-state index in [1.54, 1.807) is 0 Å². The van der Waals surface area contributed by atoms with Crippen molar-refractivity contribution in [3.63, 3.8) is 0 Å². The number of carbonyl (C=O) groups is 1. The summed E-state index contributed by atoms with van der Waals surface area (Å²) < 4.78 is 0. The molecular weight excluding hydrogens is 593 g/mol. The van der Waals surface area contributed by atoms with Crippen LogP contribution >= 0.6 is 0 Å². The standard InChI is InChI=1S/C22H17N2.C5H8O3.Ir/c1-13-9-15-6-8-24-21-16-12-19-14(5-4-7-23-19)11-17(16)22(2,3)18(10-13)20(15)21;1-3(6)5(8)4(2)7;/h4-11H,1-3H3;6,8H,1-2H3;/q-1;;/b;5-3+;. The summed E-state index contributed by atoms with van der Waals surface area (Å²) >= 11 is 0. The first-order valence-corrected chi connectivity index (χ1v) is 10.4. The van der Waals surface area contributed by atoms with Crippen molar-refractivity contribution in [3.8, 4) is 11.3 Å². The van der Waals surface area contributed by atoms with Crippen molar-refractivity contribution in [1.82, 2.24) is 9.97 Å². The minimum atomic E-state index is -0.565. The molecule has 1 radical (unpaired) electrons. The third kappa shape index (κ3) is 4.29. The largest absolute Gasteiger partial charge is 0.509 e. The van der Waals surface area contributed by atoms with Crippen molar-refractivity contribution in [1.29, 1.82) is 0 Å². The molecule has 0 amide bonds. The second kappa shape index (κ2) is 9.05. The predicted octanol–water partition coefficient (Wildman–Crippen LogP) is 6.12. The number of aryl methyl sites for hydroxylation is 1. The summed E-state index contributed by atoms with van der Waals surface area (Å²) in [5.41, 5.74) is 6.86. The van der Waals surface area contributed by atoms with E-state index in [9.17, 15) is 4.79 Å². The fourth-order valence-corrected chi connectivity index (χ4v) is 4.28. The van der Waals surface area contributed by atoms with Crippen molar-refractivity contribution in [2.45, 2.75) is 40.0 Å². The van der Waals surface area contributed by atoms with Gasteiger partial charge >= 0.3 is 0 Å². The molecule has 5 nitrogen and oxygen atoms in total. The fourth-order valence-electron chi connectivity index (χ4n) is 4.28. The molecule has 0 aliphatic heterocycles. The van der Waals surface area contributed by atoms with Crippen LogP contribution in [-0.4, -0.2) is 26.0 Å².